The second-order valence-corrected chi connectivity index (χ2v) is 11.7. The molecule has 0 spiro atoms. The minimum absolute atomic E-state index is 0.0617. The predicted molar refractivity (Wildman–Crippen MR) is 149 cm³/mol. The standard InChI is InChI=1S/C29H46N2O4S/c1-4-5-6-7-8-9-10-11-12-13-14-17-24-35-28-21-19-26(20-22-28)29(32)31(36(3,33)34)25-27-18-15-16-23-30(27)2/h15-16,18-23,27H,4-14,17,24-25H2,1-3H3. The number of ether oxygens (including phenoxy) is 1. The van der Waals surface area contributed by atoms with Crippen LogP contribution in [0.2, 0.25) is 0 Å². The fourth-order valence-corrected chi connectivity index (χ4v) is 5.15. The third-order valence-electron chi connectivity index (χ3n) is 6.64. The van der Waals surface area contributed by atoms with E-state index in [1.807, 2.05) is 36.4 Å². The van der Waals surface area contributed by atoms with Crippen LogP contribution in [0.25, 0.3) is 0 Å². The third-order valence-corrected chi connectivity index (χ3v) is 7.75. The largest absolute Gasteiger partial charge is 0.494 e. The van der Waals surface area contributed by atoms with Gasteiger partial charge in [-0.3, -0.25) is 4.79 Å². The van der Waals surface area contributed by atoms with E-state index in [9.17, 15) is 13.2 Å². The molecule has 1 heterocycles. The molecule has 1 aliphatic rings. The monoisotopic (exact) mass is 518 g/mol. The molecule has 202 valence electrons. The van der Waals surface area contributed by atoms with Crippen molar-refractivity contribution in [1.29, 1.82) is 0 Å². The predicted octanol–water partition coefficient (Wildman–Crippen LogP) is 6.55. The lowest BCUT2D eigenvalue weighted by atomic mass is 10.1. The number of unbranched alkanes of at least 4 members (excludes halogenated alkanes) is 11. The van der Waals surface area contributed by atoms with E-state index in [-0.39, 0.29) is 12.6 Å². The maximum Gasteiger partial charge on any atom is 0.267 e. The number of hydrogen-bond acceptors (Lipinski definition) is 5. The molecule has 0 aliphatic carbocycles. The number of carbonyl (C=O) groups is 1. The number of sulfonamides is 1. The number of nitrogens with zero attached hydrogens (tertiary/aromatic N) is 2. The highest BCUT2D eigenvalue weighted by atomic mass is 32.2. The zero-order chi connectivity index (χ0) is 26.2. The van der Waals surface area contributed by atoms with Gasteiger partial charge >= 0.3 is 0 Å². The van der Waals surface area contributed by atoms with E-state index < -0.39 is 15.9 Å². The number of carbonyl (C=O) groups excluding carboxylic acids is 1. The lowest BCUT2D eigenvalue weighted by molar-refractivity contribution is 0.0847. The summed E-state index contributed by atoms with van der Waals surface area (Å²) in [6.07, 6.45) is 24.2. The van der Waals surface area contributed by atoms with E-state index in [1.165, 1.54) is 64.2 Å². The summed E-state index contributed by atoms with van der Waals surface area (Å²) in [5, 5.41) is 0. The Hall–Kier alpha value is -2.28. The summed E-state index contributed by atoms with van der Waals surface area (Å²) in [4.78, 5) is 14.9. The highest BCUT2D eigenvalue weighted by Gasteiger charge is 2.28. The van der Waals surface area contributed by atoms with Crippen LogP contribution in [0.1, 0.15) is 94.3 Å². The second kappa shape index (κ2) is 16.5. The van der Waals surface area contributed by atoms with Crippen LogP contribution in [-0.2, 0) is 10.0 Å². The molecule has 0 aromatic heterocycles. The molecule has 0 saturated heterocycles. The summed E-state index contributed by atoms with van der Waals surface area (Å²) in [6, 6.07) is 6.55. The molecule has 1 atom stereocenters. The number of rotatable bonds is 18. The van der Waals surface area contributed by atoms with Crippen LogP contribution >= 0.6 is 0 Å². The average molecular weight is 519 g/mol. The van der Waals surface area contributed by atoms with E-state index in [2.05, 4.69) is 6.92 Å². The van der Waals surface area contributed by atoms with E-state index >= 15 is 0 Å². The van der Waals surface area contributed by atoms with Crippen molar-refractivity contribution in [2.24, 2.45) is 0 Å². The van der Waals surface area contributed by atoms with Crippen LogP contribution in [-0.4, -0.2) is 56.0 Å². The van der Waals surface area contributed by atoms with Crippen LogP contribution in [0.3, 0.4) is 0 Å². The molecule has 6 nitrogen and oxygen atoms in total. The molecular weight excluding hydrogens is 472 g/mol. The number of amides is 1. The molecule has 0 N–H and O–H groups in total. The number of benzene rings is 1. The molecule has 0 radical (unpaired) electrons. The van der Waals surface area contributed by atoms with Crippen LogP contribution in [0.4, 0.5) is 0 Å². The first kappa shape index (κ1) is 29.9. The summed E-state index contributed by atoms with van der Waals surface area (Å²) < 4.78 is 31.5. The highest BCUT2D eigenvalue weighted by molar-refractivity contribution is 7.88. The molecular formula is C29H46N2O4S. The van der Waals surface area contributed by atoms with Gasteiger partial charge in [0.25, 0.3) is 5.91 Å². The lowest BCUT2D eigenvalue weighted by Gasteiger charge is -2.31. The van der Waals surface area contributed by atoms with Gasteiger partial charge in [-0.25, -0.2) is 12.7 Å². The molecule has 0 fully saturated rings. The summed E-state index contributed by atoms with van der Waals surface area (Å²) in [7, 11) is -1.85. The van der Waals surface area contributed by atoms with Crippen LogP contribution in [0.5, 0.6) is 5.75 Å². The van der Waals surface area contributed by atoms with Crippen molar-refractivity contribution in [2.45, 2.75) is 90.0 Å². The Bertz CT molecular complexity index is 925. The molecule has 36 heavy (non-hydrogen) atoms. The summed E-state index contributed by atoms with van der Waals surface area (Å²) in [5.41, 5.74) is 0.330. The van der Waals surface area contributed by atoms with E-state index in [0.717, 1.165) is 23.4 Å². The Balaban J connectivity index is 1.67. The number of allylic oxidation sites excluding steroid dienone is 2. The fourth-order valence-electron chi connectivity index (χ4n) is 4.32. The lowest BCUT2D eigenvalue weighted by Crippen LogP contribution is -2.45. The maximum atomic E-state index is 13.0. The van der Waals surface area contributed by atoms with E-state index in [0.29, 0.717) is 17.9 Å². The fraction of sp³-hybridized carbons (Fsp3) is 0.621. The van der Waals surface area contributed by atoms with Crippen LogP contribution in [0.15, 0.2) is 48.7 Å². The van der Waals surface area contributed by atoms with Gasteiger partial charge < -0.3 is 9.64 Å². The third kappa shape index (κ3) is 11.2. The first-order valence-electron chi connectivity index (χ1n) is 13.6. The van der Waals surface area contributed by atoms with E-state index in [1.54, 1.807) is 24.3 Å². The van der Waals surface area contributed by atoms with Crippen molar-refractivity contribution in [1.82, 2.24) is 9.21 Å². The molecule has 2 rings (SSSR count). The van der Waals surface area contributed by atoms with Crippen molar-refractivity contribution >= 4 is 15.9 Å². The van der Waals surface area contributed by atoms with E-state index in [4.69, 9.17) is 4.74 Å². The molecule has 7 heteroatoms. The highest BCUT2D eigenvalue weighted by Crippen LogP contribution is 2.18. The minimum Gasteiger partial charge on any atom is -0.494 e. The Morgan fingerprint density at radius 2 is 1.44 bits per heavy atom. The summed E-state index contributed by atoms with van der Waals surface area (Å²) >= 11 is 0. The Morgan fingerprint density at radius 1 is 0.889 bits per heavy atom. The Morgan fingerprint density at radius 3 is 1.97 bits per heavy atom. The Labute approximate surface area is 219 Å². The molecule has 1 aliphatic heterocycles. The van der Waals surface area contributed by atoms with Crippen LogP contribution in [0, 0.1) is 0 Å². The number of likely N-dealkylation sites (N-methyl/N-ethyl adjacent to an activating group) is 1. The molecule has 0 bridgehead atoms. The van der Waals surface area contributed by atoms with Gasteiger partial charge in [-0.05, 0) is 43.0 Å². The molecule has 1 amide bonds. The molecule has 1 aromatic rings. The quantitative estimate of drug-likeness (QED) is 0.206. The van der Waals surface area contributed by atoms with Gasteiger partial charge in [0, 0.05) is 12.6 Å². The van der Waals surface area contributed by atoms with Gasteiger partial charge in [-0.15, -0.1) is 0 Å². The van der Waals surface area contributed by atoms with Crippen molar-refractivity contribution in [2.75, 3.05) is 26.5 Å². The summed E-state index contributed by atoms with van der Waals surface area (Å²) in [5.74, 6) is 0.168. The average Bonchev–Trinajstić information content (AvgIpc) is 2.85. The molecule has 1 unspecified atom stereocenters. The molecule has 0 saturated carbocycles. The zero-order valence-electron chi connectivity index (χ0n) is 22.5. The zero-order valence-corrected chi connectivity index (χ0v) is 23.3. The Kier molecular flexibility index (Phi) is 13.7. The van der Waals surface area contributed by atoms with Gasteiger partial charge in [-0.1, -0.05) is 89.7 Å². The topological polar surface area (TPSA) is 66.9 Å². The first-order valence-corrected chi connectivity index (χ1v) is 15.5. The smallest absolute Gasteiger partial charge is 0.267 e. The molecule has 1 aromatic carbocycles. The normalized spacial score (nSPS) is 15.3. The summed E-state index contributed by atoms with van der Waals surface area (Å²) in [6.45, 7) is 2.97. The van der Waals surface area contributed by atoms with Crippen molar-refractivity contribution in [3.8, 4) is 5.75 Å². The maximum absolute atomic E-state index is 13.0. The van der Waals surface area contributed by atoms with Crippen molar-refractivity contribution in [3.05, 3.63) is 54.3 Å². The van der Waals surface area contributed by atoms with Gasteiger partial charge in [0.15, 0.2) is 0 Å². The number of hydrogen-bond donors (Lipinski definition) is 0. The van der Waals surface area contributed by atoms with Gasteiger partial charge in [0.2, 0.25) is 10.0 Å². The van der Waals surface area contributed by atoms with Crippen molar-refractivity contribution in [3.63, 3.8) is 0 Å². The van der Waals surface area contributed by atoms with Gasteiger partial charge in [0.05, 0.1) is 25.4 Å². The first-order chi connectivity index (χ1) is 17.3. The van der Waals surface area contributed by atoms with Crippen LogP contribution < -0.4 is 4.74 Å². The van der Waals surface area contributed by atoms with Gasteiger partial charge in [0.1, 0.15) is 5.75 Å². The SMILES string of the molecule is CCCCCCCCCCCCCCOc1ccc(C(=O)N(CC2C=CC=CN2C)S(C)(=O)=O)cc1. The van der Waals surface area contributed by atoms with Gasteiger partial charge in [-0.2, -0.15) is 0 Å². The van der Waals surface area contributed by atoms with Crippen molar-refractivity contribution < 1.29 is 17.9 Å². The minimum atomic E-state index is -3.71. The second-order valence-electron chi connectivity index (χ2n) is 9.82.